The topological polar surface area (TPSA) is 3.24 Å². The van der Waals surface area contributed by atoms with Crippen LogP contribution in [-0.2, 0) is 0 Å². The third kappa shape index (κ3) is 1.40. The summed E-state index contributed by atoms with van der Waals surface area (Å²) < 4.78 is 0. The van der Waals surface area contributed by atoms with Gasteiger partial charge in [-0.25, -0.2) is 0 Å². The summed E-state index contributed by atoms with van der Waals surface area (Å²) in [7, 11) is 2.36. The maximum absolute atomic E-state index is 2.67. The molecule has 0 aromatic heterocycles. The second kappa shape index (κ2) is 3.04. The lowest BCUT2D eigenvalue weighted by molar-refractivity contribution is -0.154. The van der Waals surface area contributed by atoms with E-state index in [1.807, 2.05) is 0 Å². The highest BCUT2D eigenvalue weighted by molar-refractivity contribution is 5.14. The average Bonchev–Trinajstić information content (AvgIpc) is 2.10. The van der Waals surface area contributed by atoms with E-state index in [1.165, 1.54) is 45.1 Å². The predicted molar refractivity (Wildman–Crippen MR) is 68.4 cm³/mol. The Labute approximate surface area is 101 Å². The first-order valence-electron chi connectivity index (χ1n) is 7.10. The molecule has 4 aliphatic rings. The summed E-state index contributed by atoms with van der Waals surface area (Å²) in [4.78, 5) is 2.67. The maximum Gasteiger partial charge on any atom is 0.0219 e. The molecule has 0 radical (unpaired) electrons. The summed E-state index contributed by atoms with van der Waals surface area (Å²) in [5.74, 6) is 1.03. The van der Waals surface area contributed by atoms with Crippen LogP contribution in [0.15, 0.2) is 0 Å². The summed E-state index contributed by atoms with van der Waals surface area (Å²) in [6.45, 7) is 8.67. The zero-order valence-corrected chi connectivity index (χ0v) is 11.5. The molecular formula is C15H27N. The average molecular weight is 221 g/mol. The first kappa shape index (κ1) is 11.1. The van der Waals surface area contributed by atoms with Gasteiger partial charge < -0.3 is 4.90 Å². The highest BCUT2D eigenvalue weighted by Gasteiger charge is 2.60. The van der Waals surface area contributed by atoms with Gasteiger partial charge in [0.1, 0.15) is 0 Å². The van der Waals surface area contributed by atoms with Gasteiger partial charge in [-0.2, -0.15) is 0 Å². The van der Waals surface area contributed by atoms with Crippen LogP contribution in [0.5, 0.6) is 0 Å². The van der Waals surface area contributed by atoms with Gasteiger partial charge in [0.2, 0.25) is 0 Å². The lowest BCUT2D eigenvalue weighted by atomic mass is 9.42. The molecule has 16 heavy (non-hydrogen) atoms. The van der Waals surface area contributed by atoms with Gasteiger partial charge in [0.25, 0.3) is 0 Å². The third-order valence-electron chi connectivity index (χ3n) is 5.88. The van der Waals surface area contributed by atoms with Crippen molar-refractivity contribution in [3.8, 4) is 0 Å². The lowest BCUT2D eigenvalue weighted by Gasteiger charge is -2.67. The Morgan fingerprint density at radius 3 is 2.00 bits per heavy atom. The third-order valence-corrected chi connectivity index (χ3v) is 5.88. The van der Waals surface area contributed by atoms with Crippen LogP contribution >= 0.6 is 0 Å². The largest absolute Gasteiger partial charge is 0.301 e. The number of hydrogen-bond donors (Lipinski definition) is 0. The fourth-order valence-corrected chi connectivity index (χ4v) is 6.15. The predicted octanol–water partition coefficient (Wildman–Crippen LogP) is 3.69. The molecule has 0 aromatic rings. The first-order valence-corrected chi connectivity index (χ1v) is 7.10. The van der Waals surface area contributed by atoms with E-state index in [0.29, 0.717) is 16.4 Å². The second-order valence-corrected chi connectivity index (χ2v) is 7.87. The SMILES string of the molecule is CCN(C)C12CC3CC(C)(CC(C)(C3)C1)C2. The molecule has 1 nitrogen and oxygen atoms in total. The fourth-order valence-electron chi connectivity index (χ4n) is 6.15. The summed E-state index contributed by atoms with van der Waals surface area (Å²) >= 11 is 0. The van der Waals surface area contributed by atoms with Crippen LogP contribution in [0.25, 0.3) is 0 Å². The van der Waals surface area contributed by atoms with E-state index < -0.39 is 0 Å². The second-order valence-electron chi connectivity index (χ2n) is 7.87. The van der Waals surface area contributed by atoms with Gasteiger partial charge in [-0.15, -0.1) is 0 Å². The van der Waals surface area contributed by atoms with Crippen LogP contribution in [0, 0.1) is 16.7 Å². The lowest BCUT2D eigenvalue weighted by Crippen LogP contribution is -2.64. The normalized spacial score (nSPS) is 54.9. The molecule has 0 amide bonds. The molecule has 4 saturated carbocycles. The molecular weight excluding hydrogens is 194 g/mol. The van der Waals surface area contributed by atoms with Crippen molar-refractivity contribution < 1.29 is 0 Å². The molecule has 0 spiro atoms. The monoisotopic (exact) mass is 221 g/mol. The van der Waals surface area contributed by atoms with Gasteiger partial charge in [-0.1, -0.05) is 20.8 Å². The van der Waals surface area contributed by atoms with Gasteiger partial charge in [0, 0.05) is 5.54 Å². The minimum absolute atomic E-state index is 0.567. The zero-order chi connectivity index (χ0) is 11.6. The van der Waals surface area contributed by atoms with Gasteiger partial charge in [0.15, 0.2) is 0 Å². The van der Waals surface area contributed by atoms with Crippen molar-refractivity contribution in [1.29, 1.82) is 0 Å². The standard InChI is InChI=1S/C15H27N/c1-5-16(4)15-8-12-6-13(2,10-15)9-14(3,7-12)11-15/h12H,5-11H2,1-4H3. The van der Waals surface area contributed by atoms with E-state index in [1.54, 1.807) is 0 Å². The van der Waals surface area contributed by atoms with Crippen LogP contribution in [0.3, 0.4) is 0 Å². The molecule has 2 atom stereocenters. The highest BCUT2D eigenvalue weighted by atomic mass is 15.2. The van der Waals surface area contributed by atoms with Gasteiger partial charge >= 0.3 is 0 Å². The molecule has 92 valence electrons. The summed E-state index contributed by atoms with van der Waals surface area (Å²) in [6.07, 6.45) is 8.95. The van der Waals surface area contributed by atoms with E-state index in [9.17, 15) is 0 Å². The molecule has 1 heteroatoms. The quantitative estimate of drug-likeness (QED) is 0.687. The van der Waals surface area contributed by atoms with Crippen LogP contribution < -0.4 is 0 Å². The zero-order valence-electron chi connectivity index (χ0n) is 11.5. The van der Waals surface area contributed by atoms with Crippen molar-refractivity contribution in [3.05, 3.63) is 0 Å². The Kier molecular flexibility index (Phi) is 2.11. The van der Waals surface area contributed by atoms with Crippen LogP contribution in [0.4, 0.5) is 0 Å². The maximum atomic E-state index is 2.67. The van der Waals surface area contributed by atoms with E-state index in [-0.39, 0.29) is 0 Å². The van der Waals surface area contributed by atoms with Crippen LogP contribution in [0.2, 0.25) is 0 Å². The van der Waals surface area contributed by atoms with Gasteiger partial charge in [-0.3, -0.25) is 0 Å². The Bertz CT molecular complexity index is 291. The van der Waals surface area contributed by atoms with Crippen molar-refractivity contribution in [2.24, 2.45) is 16.7 Å². The smallest absolute Gasteiger partial charge is 0.0219 e. The van der Waals surface area contributed by atoms with Crippen LogP contribution in [-0.4, -0.2) is 24.0 Å². The van der Waals surface area contributed by atoms with Crippen molar-refractivity contribution in [2.45, 2.75) is 64.8 Å². The van der Waals surface area contributed by atoms with E-state index in [4.69, 9.17) is 0 Å². The van der Waals surface area contributed by atoms with E-state index in [2.05, 4.69) is 32.7 Å². The van der Waals surface area contributed by atoms with Crippen molar-refractivity contribution in [1.82, 2.24) is 4.90 Å². The Morgan fingerprint density at radius 1 is 1.00 bits per heavy atom. The Hall–Kier alpha value is -0.0400. The molecule has 4 bridgehead atoms. The molecule has 0 aliphatic heterocycles. The Balaban J connectivity index is 1.98. The van der Waals surface area contributed by atoms with Crippen LogP contribution in [0.1, 0.15) is 59.3 Å². The number of nitrogens with zero attached hydrogens (tertiary/aromatic N) is 1. The van der Waals surface area contributed by atoms with Crippen molar-refractivity contribution in [3.63, 3.8) is 0 Å². The number of hydrogen-bond acceptors (Lipinski definition) is 1. The van der Waals surface area contributed by atoms with Gasteiger partial charge in [0.05, 0.1) is 0 Å². The summed E-state index contributed by atoms with van der Waals surface area (Å²) in [6, 6.07) is 0. The van der Waals surface area contributed by atoms with Gasteiger partial charge in [-0.05, 0) is 68.9 Å². The fraction of sp³-hybridized carbons (Fsp3) is 1.00. The molecule has 4 aliphatic carbocycles. The molecule has 0 saturated heterocycles. The molecule has 4 rings (SSSR count). The minimum Gasteiger partial charge on any atom is -0.301 e. The van der Waals surface area contributed by atoms with E-state index in [0.717, 1.165) is 5.92 Å². The Morgan fingerprint density at radius 2 is 1.56 bits per heavy atom. The molecule has 0 heterocycles. The van der Waals surface area contributed by atoms with Crippen molar-refractivity contribution >= 4 is 0 Å². The highest BCUT2D eigenvalue weighted by Crippen LogP contribution is 2.67. The van der Waals surface area contributed by atoms with E-state index >= 15 is 0 Å². The minimum atomic E-state index is 0.567. The molecule has 0 aromatic carbocycles. The molecule has 4 fully saturated rings. The van der Waals surface area contributed by atoms with Crippen molar-refractivity contribution in [2.75, 3.05) is 13.6 Å². The molecule has 0 N–H and O–H groups in total. The number of rotatable bonds is 2. The summed E-state index contributed by atoms with van der Waals surface area (Å²) in [5, 5.41) is 0. The first-order chi connectivity index (χ1) is 7.39. The summed E-state index contributed by atoms with van der Waals surface area (Å²) in [5.41, 5.74) is 1.90. The molecule has 2 unspecified atom stereocenters.